The first-order valence-electron chi connectivity index (χ1n) is 8.11. The lowest BCUT2D eigenvalue weighted by Gasteiger charge is -2.11. The van der Waals surface area contributed by atoms with Gasteiger partial charge in [0.25, 0.3) is 0 Å². The van der Waals surface area contributed by atoms with Gasteiger partial charge in [0.05, 0.1) is 23.0 Å². The fourth-order valence-corrected chi connectivity index (χ4v) is 3.12. The average Bonchev–Trinajstić information content (AvgIpc) is 3.08. The second kappa shape index (κ2) is 7.98. The van der Waals surface area contributed by atoms with Crippen molar-refractivity contribution in [2.24, 2.45) is 15.9 Å². The molecule has 2 aromatic carbocycles. The van der Waals surface area contributed by atoms with Crippen molar-refractivity contribution >= 4 is 28.8 Å². The first-order chi connectivity index (χ1) is 12.9. The summed E-state index contributed by atoms with van der Waals surface area (Å²) in [5.74, 6) is -2.26. The molecule has 0 amide bonds. The topological polar surface area (TPSA) is 83.0 Å². The fraction of sp³-hybridized carbons (Fsp3) is 0.222. The van der Waals surface area contributed by atoms with Crippen molar-refractivity contribution in [3.63, 3.8) is 0 Å². The van der Waals surface area contributed by atoms with E-state index < -0.39 is 17.5 Å². The second-order valence-corrected chi connectivity index (χ2v) is 6.37. The van der Waals surface area contributed by atoms with E-state index in [2.05, 4.69) is 15.5 Å². The zero-order chi connectivity index (χ0) is 19.6. The number of aliphatic imine (C=N–C) groups is 1. The summed E-state index contributed by atoms with van der Waals surface area (Å²) in [6, 6.07) is 5.01. The molecule has 0 unspecified atom stereocenters. The van der Waals surface area contributed by atoms with Crippen LogP contribution in [-0.2, 0) is 12.8 Å². The van der Waals surface area contributed by atoms with Gasteiger partial charge in [-0.15, -0.1) is 0 Å². The highest BCUT2D eigenvalue weighted by atomic mass is 35.5. The van der Waals surface area contributed by atoms with Gasteiger partial charge in [-0.2, -0.15) is 0 Å². The molecule has 4 N–H and O–H groups in total. The Balaban J connectivity index is 2.00. The number of anilines is 1. The van der Waals surface area contributed by atoms with Gasteiger partial charge in [0.2, 0.25) is 0 Å². The standard InChI is InChI=1S/C18H16ClF3N4O/c19-12-5-9(1-2-13(12)20)6-15(26-27)10-7-14(21)17(22)18-11(10)8-16(25-18)24-4-3-23/h1-2,5,7,27H,3-4,6,8,23H2,(H,24,25)/b26-15+. The third kappa shape index (κ3) is 3.91. The van der Waals surface area contributed by atoms with Crippen LogP contribution >= 0.6 is 11.6 Å². The molecule has 5 nitrogen and oxygen atoms in total. The summed E-state index contributed by atoms with van der Waals surface area (Å²) in [6.45, 7) is 0.657. The van der Waals surface area contributed by atoms with Crippen molar-refractivity contribution in [2.45, 2.75) is 12.8 Å². The maximum atomic E-state index is 14.2. The molecule has 0 saturated heterocycles. The molecule has 9 heteroatoms. The van der Waals surface area contributed by atoms with Crippen LogP contribution in [0.1, 0.15) is 16.7 Å². The molecule has 1 aliphatic rings. The van der Waals surface area contributed by atoms with Crippen LogP contribution in [0.4, 0.5) is 18.9 Å². The number of fused-ring (bicyclic) bond motifs is 1. The summed E-state index contributed by atoms with van der Waals surface area (Å²) in [7, 11) is 0. The smallest absolute Gasteiger partial charge is 0.182 e. The number of amidine groups is 1. The SMILES string of the molecule is NCCN=C1Cc2c(/C(Cc3ccc(F)c(Cl)c3)=N/O)cc(F)c(F)c2N1. The van der Waals surface area contributed by atoms with Crippen LogP contribution in [0, 0.1) is 17.5 Å². The van der Waals surface area contributed by atoms with Gasteiger partial charge in [-0.25, -0.2) is 13.2 Å². The molecule has 0 fully saturated rings. The highest BCUT2D eigenvalue weighted by molar-refractivity contribution is 6.30. The maximum absolute atomic E-state index is 14.2. The van der Waals surface area contributed by atoms with Gasteiger partial charge in [-0.1, -0.05) is 22.8 Å². The van der Waals surface area contributed by atoms with E-state index >= 15 is 0 Å². The highest BCUT2D eigenvalue weighted by Gasteiger charge is 2.28. The minimum atomic E-state index is -1.09. The molecule has 0 radical (unpaired) electrons. The quantitative estimate of drug-likeness (QED) is 0.411. The molecule has 3 rings (SSSR count). The lowest BCUT2D eigenvalue weighted by atomic mass is 9.95. The third-order valence-corrected chi connectivity index (χ3v) is 4.45. The molecule has 1 aliphatic heterocycles. The molecule has 0 bridgehead atoms. The Morgan fingerprint density at radius 1 is 1.22 bits per heavy atom. The first-order valence-corrected chi connectivity index (χ1v) is 8.49. The predicted molar refractivity (Wildman–Crippen MR) is 98.5 cm³/mol. The summed E-state index contributed by atoms with van der Waals surface area (Å²) in [5.41, 5.74) is 6.67. The Labute approximate surface area is 158 Å². The van der Waals surface area contributed by atoms with Crippen LogP contribution in [0.5, 0.6) is 0 Å². The zero-order valence-corrected chi connectivity index (χ0v) is 14.8. The summed E-state index contributed by atoms with van der Waals surface area (Å²) >= 11 is 5.77. The molecule has 0 atom stereocenters. The minimum absolute atomic E-state index is 0.0425. The monoisotopic (exact) mass is 396 g/mol. The lowest BCUT2D eigenvalue weighted by molar-refractivity contribution is 0.318. The van der Waals surface area contributed by atoms with E-state index in [0.29, 0.717) is 30.1 Å². The Morgan fingerprint density at radius 2 is 2.00 bits per heavy atom. The first kappa shape index (κ1) is 19.2. The Bertz CT molecular complexity index is 947. The van der Waals surface area contributed by atoms with Gasteiger partial charge in [-0.3, -0.25) is 4.99 Å². The molecule has 27 heavy (non-hydrogen) atoms. The molecular weight excluding hydrogens is 381 g/mol. The van der Waals surface area contributed by atoms with Crippen LogP contribution < -0.4 is 11.1 Å². The van der Waals surface area contributed by atoms with Gasteiger partial charge >= 0.3 is 0 Å². The number of oxime groups is 1. The number of hydrogen-bond donors (Lipinski definition) is 3. The molecule has 0 spiro atoms. The lowest BCUT2D eigenvalue weighted by Crippen LogP contribution is -2.11. The highest BCUT2D eigenvalue weighted by Crippen LogP contribution is 2.33. The fourth-order valence-electron chi connectivity index (χ4n) is 2.91. The molecule has 1 heterocycles. The van der Waals surface area contributed by atoms with E-state index in [-0.39, 0.29) is 34.8 Å². The largest absolute Gasteiger partial charge is 0.411 e. The number of rotatable bonds is 5. The molecule has 0 aliphatic carbocycles. The Morgan fingerprint density at radius 3 is 2.67 bits per heavy atom. The van der Waals surface area contributed by atoms with E-state index in [4.69, 9.17) is 17.3 Å². The number of hydrogen-bond acceptors (Lipinski definition) is 4. The number of nitrogens with two attached hydrogens (primary N) is 1. The van der Waals surface area contributed by atoms with E-state index in [1.165, 1.54) is 18.2 Å². The number of benzene rings is 2. The number of nitrogens with one attached hydrogen (secondary N) is 1. The van der Waals surface area contributed by atoms with Crippen LogP contribution in [0.25, 0.3) is 0 Å². The molecule has 0 saturated carbocycles. The van der Waals surface area contributed by atoms with Gasteiger partial charge in [0.1, 0.15) is 11.7 Å². The van der Waals surface area contributed by atoms with Gasteiger partial charge in [0.15, 0.2) is 11.6 Å². The van der Waals surface area contributed by atoms with E-state index in [9.17, 15) is 18.4 Å². The Hall–Kier alpha value is -2.58. The summed E-state index contributed by atoms with van der Waals surface area (Å²) in [6.07, 6.45) is 0.258. The van der Waals surface area contributed by atoms with E-state index in [1.54, 1.807) is 0 Å². The number of halogens is 4. The summed E-state index contributed by atoms with van der Waals surface area (Å²) < 4.78 is 41.6. The van der Waals surface area contributed by atoms with Crippen molar-refractivity contribution in [3.05, 3.63) is 63.4 Å². The second-order valence-electron chi connectivity index (χ2n) is 5.96. The van der Waals surface area contributed by atoms with Crippen LogP contribution in [0.15, 0.2) is 34.4 Å². The Kier molecular flexibility index (Phi) is 5.67. The summed E-state index contributed by atoms with van der Waals surface area (Å²) in [4.78, 5) is 4.19. The third-order valence-electron chi connectivity index (χ3n) is 4.16. The average molecular weight is 397 g/mol. The minimum Gasteiger partial charge on any atom is -0.411 e. The van der Waals surface area contributed by atoms with Gasteiger partial charge in [-0.05, 0) is 29.3 Å². The zero-order valence-electron chi connectivity index (χ0n) is 14.1. The van der Waals surface area contributed by atoms with Crippen LogP contribution in [-0.4, -0.2) is 29.8 Å². The van der Waals surface area contributed by atoms with Crippen LogP contribution in [0.3, 0.4) is 0 Å². The summed E-state index contributed by atoms with van der Waals surface area (Å²) in [5, 5.41) is 15.4. The number of nitrogens with zero attached hydrogens (tertiary/aromatic N) is 2. The molecule has 0 aromatic heterocycles. The normalized spacial score (nSPS) is 15.1. The van der Waals surface area contributed by atoms with Crippen LogP contribution in [0.2, 0.25) is 5.02 Å². The van der Waals surface area contributed by atoms with E-state index in [1.807, 2.05) is 0 Å². The van der Waals surface area contributed by atoms with Crippen molar-refractivity contribution in [1.82, 2.24) is 0 Å². The molecule has 2 aromatic rings. The predicted octanol–water partition coefficient (Wildman–Crippen LogP) is 3.50. The maximum Gasteiger partial charge on any atom is 0.182 e. The van der Waals surface area contributed by atoms with Gasteiger partial charge < -0.3 is 16.3 Å². The van der Waals surface area contributed by atoms with Crippen molar-refractivity contribution in [3.8, 4) is 0 Å². The van der Waals surface area contributed by atoms with Crippen molar-refractivity contribution in [2.75, 3.05) is 18.4 Å². The molecule has 142 valence electrons. The van der Waals surface area contributed by atoms with E-state index in [0.717, 1.165) is 6.07 Å². The van der Waals surface area contributed by atoms with Gasteiger partial charge in [0, 0.05) is 24.9 Å². The van der Waals surface area contributed by atoms with Crippen molar-refractivity contribution in [1.29, 1.82) is 0 Å². The molecular formula is C18H16ClF3N4O. The van der Waals surface area contributed by atoms with Crippen molar-refractivity contribution < 1.29 is 18.4 Å².